The molecule has 0 aliphatic rings. The van der Waals surface area contributed by atoms with E-state index in [4.69, 9.17) is 90.7 Å². The predicted octanol–water partition coefficient (Wildman–Crippen LogP) is 11.2. The molecule has 0 saturated heterocycles. The first-order chi connectivity index (χ1) is 17.1. The highest BCUT2D eigenvalue weighted by atomic mass is 35.5. The molecule has 0 atom stereocenters. The van der Waals surface area contributed by atoms with E-state index in [9.17, 15) is 13.2 Å². The number of ether oxygens (including phenoxy) is 2. The van der Waals surface area contributed by atoms with Gasteiger partial charge in [-0.3, -0.25) is 0 Å². The van der Waals surface area contributed by atoms with Crippen molar-refractivity contribution in [3.8, 4) is 17.4 Å². The van der Waals surface area contributed by atoms with Crippen LogP contribution >= 0.6 is 81.2 Å². The number of aromatic nitrogens is 1. The van der Waals surface area contributed by atoms with E-state index in [2.05, 4.69) is 4.98 Å². The third kappa shape index (κ3) is 7.24. The first kappa shape index (κ1) is 30.3. The van der Waals surface area contributed by atoms with Crippen LogP contribution in [-0.4, -0.2) is 11.6 Å². The Labute approximate surface area is 245 Å². The van der Waals surface area contributed by atoms with Gasteiger partial charge in [0.1, 0.15) is 16.1 Å². The Bertz CT molecular complexity index is 1310. The van der Waals surface area contributed by atoms with Gasteiger partial charge in [-0.1, -0.05) is 95.1 Å². The number of rotatable bonds is 7. The molecule has 0 aliphatic heterocycles. The second-order valence-corrected chi connectivity index (χ2v) is 11.1. The summed E-state index contributed by atoms with van der Waals surface area (Å²) in [4.78, 5) is 3.65. The van der Waals surface area contributed by atoms with Gasteiger partial charge >= 0.3 is 6.18 Å². The molecule has 1 aromatic heterocycles. The molecule has 13 heteroatoms. The van der Waals surface area contributed by atoms with Crippen LogP contribution in [0, 0.1) is 0 Å². The lowest BCUT2D eigenvalue weighted by atomic mass is 9.78. The maximum absolute atomic E-state index is 12.9. The van der Waals surface area contributed by atoms with Gasteiger partial charge in [0, 0.05) is 11.6 Å². The molecule has 3 nitrogen and oxygen atoms in total. The molecule has 0 fully saturated rings. The predicted molar refractivity (Wildman–Crippen MR) is 145 cm³/mol. The molecule has 0 bridgehead atoms. The van der Waals surface area contributed by atoms with E-state index in [0.717, 1.165) is 0 Å². The van der Waals surface area contributed by atoms with E-state index >= 15 is 0 Å². The van der Waals surface area contributed by atoms with Gasteiger partial charge in [0.15, 0.2) is 11.5 Å². The van der Waals surface area contributed by atoms with Crippen LogP contribution in [0.3, 0.4) is 0 Å². The quantitative estimate of drug-likeness (QED) is 0.254. The third-order valence-corrected chi connectivity index (χ3v) is 6.94. The highest BCUT2D eigenvalue weighted by molar-refractivity contribution is 6.55. The van der Waals surface area contributed by atoms with Crippen LogP contribution in [0.1, 0.15) is 30.5 Å². The lowest BCUT2D eigenvalue weighted by Crippen LogP contribution is -2.19. The standard InChI is InChI=1S/C24H15Cl7F3NO2/c1-23(2,11-5-14(25)20(15(26)6-11)36-4-3-19(30)31)12-7-16(27)21(17(28)8-12)37-22-18(29)9-13(10-35-22)24(32,33)34/h3,5-10H,4H2,1-2H3. The average Bonchev–Trinajstić information content (AvgIpc) is 2.77. The number of halogens is 10. The fourth-order valence-electron chi connectivity index (χ4n) is 3.18. The van der Waals surface area contributed by atoms with Gasteiger partial charge in [-0.2, -0.15) is 13.2 Å². The molecule has 198 valence electrons. The molecular weight excluding hydrogens is 639 g/mol. The summed E-state index contributed by atoms with van der Waals surface area (Å²) in [7, 11) is 0. The van der Waals surface area contributed by atoms with Crippen molar-refractivity contribution in [3.05, 3.63) is 88.9 Å². The van der Waals surface area contributed by atoms with E-state index in [0.29, 0.717) is 23.4 Å². The van der Waals surface area contributed by atoms with Crippen LogP contribution in [0.15, 0.2) is 47.1 Å². The van der Waals surface area contributed by atoms with Crippen LogP contribution in [0.25, 0.3) is 0 Å². The first-order valence-corrected chi connectivity index (χ1v) is 12.8. The van der Waals surface area contributed by atoms with E-state index in [1.807, 2.05) is 13.8 Å². The Morgan fingerprint density at radius 1 is 0.784 bits per heavy atom. The Hall–Kier alpha value is -1.25. The number of hydrogen-bond donors (Lipinski definition) is 0. The van der Waals surface area contributed by atoms with Crippen molar-refractivity contribution in [1.82, 2.24) is 4.98 Å². The molecule has 0 saturated carbocycles. The zero-order valence-corrected chi connectivity index (χ0v) is 24.1. The van der Waals surface area contributed by atoms with Gasteiger partial charge in [0.25, 0.3) is 0 Å². The van der Waals surface area contributed by atoms with Crippen LogP contribution in [-0.2, 0) is 11.6 Å². The number of hydrogen-bond acceptors (Lipinski definition) is 3. The van der Waals surface area contributed by atoms with E-state index in [1.165, 1.54) is 6.08 Å². The summed E-state index contributed by atoms with van der Waals surface area (Å²) >= 11 is 42.8. The van der Waals surface area contributed by atoms with Crippen LogP contribution in [0.5, 0.6) is 17.4 Å². The van der Waals surface area contributed by atoms with Gasteiger partial charge in [-0.25, -0.2) is 4.98 Å². The molecule has 0 N–H and O–H groups in total. The molecule has 0 unspecified atom stereocenters. The van der Waals surface area contributed by atoms with Gasteiger partial charge in [-0.15, -0.1) is 0 Å². The fraction of sp³-hybridized carbons (Fsp3) is 0.208. The van der Waals surface area contributed by atoms with Crippen LogP contribution in [0.4, 0.5) is 13.2 Å². The minimum atomic E-state index is -4.61. The normalized spacial score (nSPS) is 11.9. The van der Waals surface area contributed by atoms with Crippen molar-refractivity contribution in [2.24, 2.45) is 0 Å². The van der Waals surface area contributed by atoms with E-state index in [-0.39, 0.29) is 53.6 Å². The zero-order chi connectivity index (χ0) is 27.7. The topological polar surface area (TPSA) is 31.4 Å². The van der Waals surface area contributed by atoms with Crippen molar-refractivity contribution >= 4 is 81.2 Å². The largest absolute Gasteiger partial charge is 0.486 e. The SMILES string of the molecule is CC(C)(c1cc(Cl)c(OCC=C(Cl)Cl)c(Cl)c1)c1cc(Cl)c(Oc2ncc(C(F)(F)F)cc2Cl)c(Cl)c1. The fourth-order valence-corrected chi connectivity index (χ4v) is 4.67. The van der Waals surface area contributed by atoms with Crippen molar-refractivity contribution in [3.63, 3.8) is 0 Å². The third-order valence-electron chi connectivity index (χ3n) is 5.24. The number of nitrogens with zero attached hydrogens (tertiary/aromatic N) is 1. The van der Waals surface area contributed by atoms with Gasteiger partial charge in [-0.05, 0) is 47.5 Å². The summed E-state index contributed by atoms with van der Waals surface area (Å²) in [6.07, 6.45) is -2.57. The second-order valence-electron chi connectivity index (χ2n) is 8.08. The maximum atomic E-state index is 12.9. The molecular formula is C24H15Cl7F3NO2. The summed E-state index contributed by atoms with van der Waals surface area (Å²) in [6.45, 7) is 3.85. The lowest BCUT2D eigenvalue weighted by molar-refractivity contribution is -0.137. The number of alkyl halides is 3. The molecule has 3 rings (SSSR count). The minimum absolute atomic E-state index is 0.0251. The van der Waals surface area contributed by atoms with Crippen molar-refractivity contribution in [2.75, 3.05) is 6.61 Å². The molecule has 2 aromatic carbocycles. The Morgan fingerprint density at radius 3 is 1.68 bits per heavy atom. The molecule has 0 radical (unpaired) electrons. The van der Waals surface area contributed by atoms with E-state index in [1.54, 1.807) is 24.3 Å². The Balaban J connectivity index is 1.92. The van der Waals surface area contributed by atoms with Crippen molar-refractivity contribution < 1.29 is 22.6 Å². The summed E-state index contributed by atoms with van der Waals surface area (Å²) in [6, 6.07) is 7.27. The summed E-state index contributed by atoms with van der Waals surface area (Å²) < 4.78 is 49.8. The molecule has 1 heterocycles. The highest BCUT2D eigenvalue weighted by Gasteiger charge is 2.32. The van der Waals surface area contributed by atoms with Gasteiger partial charge in [0.05, 0.1) is 25.7 Å². The zero-order valence-electron chi connectivity index (χ0n) is 18.8. The maximum Gasteiger partial charge on any atom is 0.417 e. The minimum Gasteiger partial charge on any atom is -0.486 e. The smallest absolute Gasteiger partial charge is 0.417 e. The van der Waals surface area contributed by atoms with Crippen LogP contribution in [0.2, 0.25) is 25.1 Å². The second kappa shape index (κ2) is 11.9. The average molecular weight is 655 g/mol. The van der Waals surface area contributed by atoms with Crippen molar-refractivity contribution in [1.29, 1.82) is 0 Å². The number of benzene rings is 2. The Morgan fingerprint density at radius 2 is 1.24 bits per heavy atom. The summed E-state index contributed by atoms with van der Waals surface area (Å²) in [5.41, 5.74) is -0.346. The summed E-state index contributed by atoms with van der Waals surface area (Å²) in [5, 5.41) is 0.317. The molecule has 0 aliphatic carbocycles. The first-order valence-electron chi connectivity index (χ1n) is 10.1. The monoisotopic (exact) mass is 651 g/mol. The van der Waals surface area contributed by atoms with Gasteiger partial charge < -0.3 is 9.47 Å². The Kier molecular flexibility index (Phi) is 9.72. The van der Waals surface area contributed by atoms with E-state index < -0.39 is 17.2 Å². The molecule has 37 heavy (non-hydrogen) atoms. The molecule has 0 spiro atoms. The lowest BCUT2D eigenvalue weighted by Gasteiger charge is -2.28. The van der Waals surface area contributed by atoms with Crippen molar-refractivity contribution in [2.45, 2.75) is 25.4 Å². The van der Waals surface area contributed by atoms with Gasteiger partial charge in [0.2, 0.25) is 5.88 Å². The molecule has 3 aromatic rings. The number of pyridine rings is 1. The molecule has 0 amide bonds. The van der Waals surface area contributed by atoms with Crippen LogP contribution < -0.4 is 9.47 Å². The highest BCUT2D eigenvalue weighted by Crippen LogP contribution is 2.45. The summed E-state index contributed by atoms with van der Waals surface area (Å²) in [5.74, 6) is -0.0535.